The van der Waals surface area contributed by atoms with E-state index in [0.717, 1.165) is 35.0 Å². The molecule has 4 heteroatoms. The van der Waals surface area contributed by atoms with Gasteiger partial charge in [-0.3, -0.25) is 4.68 Å². The minimum Gasteiger partial charge on any atom is -0.327 e. The molecule has 2 N–H and O–H groups in total. The van der Waals surface area contributed by atoms with Crippen molar-refractivity contribution in [1.29, 1.82) is 0 Å². The lowest BCUT2D eigenvalue weighted by molar-refractivity contribution is -0.0667. The molecule has 21 heavy (non-hydrogen) atoms. The summed E-state index contributed by atoms with van der Waals surface area (Å²) in [5.41, 5.74) is 9.36. The Labute approximate surface area is 132 Å². The smallest absolute Gasteiger partial charge is 0.130 e. The molecular weight excluding hydrogens is 282 g/mol. The van der Waals surface area contributed by atoms with Crippen molar-refractivity contribution in [3.8, 4) is 0 Å². The summed E-state index contributed by atoms with van der Waals surface area (Å²) in [6.45, 7) is 2.05. The van der Waals surface area contributed by atoms with Crippen LogP contribution in [0.1, 0.15) is 49.8 Å². The first-order chi connectivity index (χ1) is 9.97. The second-order valence-corrected chi connectivity index (χ2v) is 8.43. The Hall–Kier alpha value is -0.540. The summed E-state index contributed by atoms with van der Waals surface area (Å²) in [6.07, 6.45) is 9.38. The average Bonchev–Trinajstić information content (AvgIpc) is 2.64. The van der Waals surface area contributed by atoms with Crippen molar-refractivity contribution in [1.82, 2.24) is 9.78 Å². The predicted octanol–water partition coefficient (Wildman–Crippen LogP) is 3.47. The molecule has 1 atom stereocenters. The molecule has 4 fully saturated rings. The van der Waals surface area contributed by atoms with Crippen LogP contribution in [0.15, 0.2) is 0 Å². The third-order valence-corrected chi connectivity index (χ3v) is 7.04. The number of hydrogen-bond acceptors (Lipinski definition) is 2. The molecule has 1 aromatic heterocycles. The van der Waals surface area contributed by atoms with Gasteiger partial charge in [-0.25, -0.2) is 0 Å². The largest absolute Gasteiger partial charge is 0.327 e. The Bertz CT molecular complexity index is 527. The molecular formula is C17H26ClN3. The summed E-state index contributed by atoms with van der Waals surface area (Å²) in [6, 6.07) is 0.242. The Balaban J connectivity index is 1.58. The highest BCUT2D eigenvalue weighted by Gasteiger charge is 2.53. The first-order valence-electron chi connectivity index (χ1n) is 8.40. The first-order valence-corrected chi connectivity index (χ1v) is 8.78. The molecule has 0 spiro atoms. The van der Waals surface area contributed by atoms with Gasteiger partial charge in [-0.15, -0.1) is 0 Å². The van der Waals surface area contributed by atoms with Gasteiger partial charge in [0.15, 0.2) is 0 Å². The molecule has 1 unspecified atom stereocenters. The molecule has 4 bridgehead atoms. The summed E-state index contributed by atoms with van der Waals surface area (Å²) in [5, 5.41) is 5.21. The highest BCUT2D eigenvalue weighted by Crippen LogP contribution is 2.61. The van der Waals surface area contributed by atoms with Gasteiger partial charge in [0.25, 0.3) is 0 Å². The van der Waals surface area contributed by atoms with Crippen molar-refractivity contribution in [2.45, 2.75) is 57.9 Å². The lowest BCUT2D eigenvalue weighted by Crippen LogP contribution is -2.55. The Morgan fingerprint density at radius 3 is 2.19 bits per heavy atom. The van der Waals surface area contributed by atoms with Crippen LogP contribution >= 0.6 is 11.6 Å². The fourth-order valence-electron chi connectivity index (χ4n) is 5.97. The number of hydrogen-bond donors (Lipinski definition) is 1. The van der Waals surface area contributed by atoms with E-state index in [9.17, 15) is 0 Å². The lowest BCUT2D eigenvalue weighted by Gasteiger charge is -2.59. The molecule has 4 aliphatic carbocycles. The van der Waals surface area contributed by atoms with Crippen LogP contribution in [-0.2, 0) is 13.5 Å². The van der Waals surface area contributed by atoms with Gasteiger partial charge >= 0.3 is 0 Å². The minimum atomic E-state index is 0.242. The summed E-state index contributed by atoms with van der Waals surface area (Å²) in [7, 11) is 1.91. The van der Waals surface area contributed by atoms with Crippen LogP contribution in [0.4, 0.5) is 0 Å². The van der Waals surface area contributed by atoms with Crippen molar-refractivity contribution >= 4 is 11.6 Å². The number of aromatic nitrogens is 2. The van der Waals surface area contributed by atoms with Crippen molar-refractivity contribution in [2.75, 3.05) is 0 Å². The van der Waals surface area contributed by atoms with Crippen LogP contribution < -0.4 is 5.73 Å². The van der Waals surface area contributed by atoms with Crippen molar-refractivity contribution in [3.05, 3.63) is 16.4 Å². The van der Waals surface area contributed by atoms with Gasteiger partial charge in [0.05, 0.1) is 5.69 Å². The molecule has 0 saturated heterocycles. The quantitative estimate of drug-likeness (QED) is 0.929. The van der Waals surface area contributed by atoms with Crippen LogP contribution in [0.5, 0.6) is 0 Å². The number of aryl methyl sites for hydroxylation is 2. The molecule has 116 valence electrons. The Kier molecular flexibility index (Phi) is 3.17. The fraction of sp³-hybridized carbons (Fsp3) is 0.824. The Morgan fingerprint density at radius 2 is 1.76 bits per heavy atom. The van der Waals surface area contributed by atoms with Gasteiger partial charge < -0.3 is 5.73 Å². The summed E-state index contributed by atoms with van der Waals surface area (Å²) in [4.78, 5) is 0. The van der Waals surface area contributed by atoms with E-state index >= 15 is 0 Å². The highest BCUT2D eigenvalue weighted by molar-refractivity contribution is 6.30. The molecule has 4 saturated carbocycles. The lowest BCUT2D eigenvalue weighted by atomic mass is 9.47. The summed E-state index contributed by atoms with van der Waals surface area (Å²) in [5.74, 6) is 2.85. The highest BCUT2D eigenvalue weighted by atomic mass is 35.5. The van der Waals surface area contributed by atoms with Crippen LogP contribution in [0.25, 0.3) is 0 Å². The molecule has 1 heterocycles. The minimum absolute atomic E-state index is 0.242. The maximum absolute atomic E-state index is 6.76. The molecule has 5 rings (SSSR count). The third kappa shape index (κ3) is 2.16. The predicted molar refractivity (Wildman–Crippen MR) is 85.2 cm³/mol. The van der Waals surface area contributed by atoms with Gasteiger partial charge in [0.2, 0.25) is 0 Å². The van der Waals surface area contributed by atoms with E-state index in [1.54, 1.807) is 4.68 Å². The summed E-state index contributed by atoms with van der Waals surface area (Å²) < 4.78 is 1.78. The Morgan fingerprint density at radius 1 is 1.24 bits per heavy atom. The standard InChI is InChI=1S/C17H26ClN3/c1-10-14(16(18)21(2)20-10)6-15(19)17-7-11-3-12(8-17)5-13(4-11)9-17/h11-13,15H,3-9,19H2,1-2H3. The van der Waals surface area contributed by atoms with Gasteiger partial charge in [-0.2, -0.15) is 5.10 Å². The second-order valence-electron chi connectivity index (χ2n) is 8.07. The maximum atomic E-state index is 6.76. The van der Waals surface area contributed by atoms with Crippen LogP contribution in [0.2, 0.25) is 5.15 Å². The molecule has 0 aliphatic heterocycles. The molecule has 1 aromatic rings. The zero-order valence-electron chi connectivity index (χ0n) is 13.1. The molecule has 4 aliphatic rings. The SMILES string of the molecule is Cc1nn(C)c(Cl)c1CC(N)C12CC3CC(CC(C3)C1)C2. The van der Waals surface area contributed by atoms with E-state index in [2.05, 4.69) is 5.10 Å². The van der Waals surface area contributed by atoms with Gasteiger partial charge in [-0.1, -0.05) is 11.6 Å². The fourth-order valence-corrected chi connectivity index (χ4v) is 6.23. The second kappa shape index (κ2) is 4.73. The summed E-state index contributed by atoms with van der Waals surface area (Å²) >= 11 is 6.41. The molecule has 3 nitrogen and oxygen atoms in total. The number of nitrogens with zero attached hydrogens (tertiary/aromatic N) is 2. The van der Waals surface area contributed by atoms with Crippen LogP contribution in [-0.4, -0.2) is 15.8 Å². The van der Waals surface area contributed by atoms with Crippen LogP contribution in [0, 0.1) is 30.1 Å². The molecule has 0 aromatic carbocycles. The van der Waals surface area contributed by atoms with E-state index in [4.69, 9.17) is 17.3 Å². The van der Waals surface area contributed by atoms with Crippen molar-refractivity contribution in [3.63, 3.8) is 0 Å². The van der Waals surface area contributed by atoms with Gasteiger partial charge in [0.1, 0.15) is 5.15 Å². The monoisotopic (exact) mass is 307 g/mol. The van der Waals surface area contributed by atoms with E-state index in [1.807, 2.05) is 14.0 Å². The van der Waals surface area contributed by atoms with E-state index in [1.165, 1.54) is 44.1 Å². The topological polar surface area (TPSA) is 43.8 Å². The number of halogens is 1. The molecule has 0 radical (unpaired) electrons. The van der Waals surface area contributed by atoms with Crippen LogP contribution in [0.3, 0.4) is 0 Å². The van der Waals surface area contributed by atoms with Gasteiger partial charge in [0, 0.05) is 18.7 Å². The third-order valence-electron chi connectivity index (χ3n) is 6.57. The number of nitrogens with two attached hydrogens (primary N) is 1. The molecule has 0 amide bonds. The maximum Gasteiger partial charge on any atom is 0.130 e. The van der Waals surface area contributed by atoms with E-state index in [-0.39, 0.29) is 6.04 Å². The zero-order chi connectivity index (χ0) is 14.8. The van der Waals surface area contributed by atoms with Gasteiger partial charge in [-0.05, 0) is 75.0 Å². The normalized spacial score (nSPS) is 39.0. The van der Waals surface area contributed by atoms with Crippen molar-refractivity contribution in [2.24, 2.45) is 36.0 Å². The zero-order valence-corrected chi connectivity index (χ0v) is 13.9. The first kappa shape index (κ1) is 14.1. The number of rotatable bonds is 3. The van der Waals surface area contributed by atoms with E-state index < -0.39 is 0 Å². The van der Waals surface area contributed by atoms with Crippen molar-refractivity contribution < 1.29 is 0 Å². The van der Waals surface area contributed by atoms with E-state index in [0.29, 0.717) is 5.41 Å². The average molecular weight is 308 g/mol.